The van der Waals surface area contributed by atoms with Crippen molar-refractivity contribution >= 4 is 11.8 Å². The summed E-state index contributed by atoms with van der Waals surface area (Å²) >= 11 is 0. The van der Waals surface area contributed by atoms with Crippen molar-refractivity contribution in [3.8, 4) is 0 Å². The summed E-state index contributed by atoms with van der Waals surface area (Å²) < 4.78 is 38.8. The zero-order valence-electron chi connectivity index (χ0n) is 13.4. The third-order valence-corrected chi connectivity index (χ3v) is 3.18. The molecule has 4 nitrogen and oxygen atoms in total. The van der Waals surface area contributed by atoms with E-state index in [4.69, 9.17) is 0 Å². The summed E-state index contributed by atoms with van der Waals surface area (Å²) in [4.78, 5) is 25.2. The summed E-state index contributed by atoms with van der Waals surface area (Å²) in [7, 11) is 0. The molecule has 1 rings (SSSR count). The van der Waals surface area contributed by atoms with E-state index in [1.807, 2.05) is 0 Å². The maximum atomic E-state index is 12.9. The molecule has 0 aromatic heterocycles. The third-order valence-electron chi connectivity index (χ3n) is 3.18. The van der Waals surface area contributed by atoms with Crippen LogP contribution in [0.5, 0.6) is 0 Å². The Morgan fingerprint density at radius 2 is 1.83 bits per heavy atom. The smallest absolute Gasteiger partial charge is 0.352 e. The number of hydrogen-bond donors (Lipinski definition) is 1. The molecule has 1 N–H and O–H groups in total. The van der Waals surface area contributed by atoms with Crippen molar-refractivity contribution in [1.29, 1.82) is 0 Å². The number of halogens is 3. The molecule has 0 spiro atoms. The zero-order chi connectivity index (χ0) is 17.6. The standard InChI is InChI=1S/C16H21F3N2O2/c1-4-21(10-14(22)20-11(2)3)15(23)9-12-7-5-6-8-13(12)16(17,18)19/h5-8,11H,4,9-10H2,1-3H3,(H,20,22). The van der Waals surface area contributed by atoms with Gasteiger partial charge in [0.05, 0.1) is 18.5 Å². The number of hydrogen-bond acceptors (Lipinski definition) is 2. The van der Waals surface area contributed by atoms with Crippen LogP contribution in [0.15, 0.2) is 24.3 Å². The second kappa shape index (κ2) is 7.99. The van der Waals surface area contributed by atoms with E-state index in [0.29, 0.717) is 0 Å². The van der Waals surface area contributed by atoms with Crippen LogP contribution in [0.2, 0.25) is 0 Å². The van der Waals surface area contributed by atoms with Gasteiger partial charge in [0.1, 0.15) is 0 Å². The van der Waals surface area contributed by atoms with Crippen LogP contribution < -0.4 is 5.32 Å². The average molecular weight is 330 g/mol. The van der Waals surface area contributed by atoms with Crippen LogP contribution in [0.25, 0.3) is 0 Å². The van der Waals surface area contributed by atoms with Crippen molar-refractivity contribution in [2.24, 2.45) is 0 Å². The van der Waals surface area contributed by atoms with E-state index in [2.05, 4.69) is 5.32 Å². The third kappa shape index (κ3) is 5.92. The first kappa shape index (κ1) is 19.0. The van der Waals surface area contributed by atoms with Crippen molar-refractivity contribution in [3.63, 3.8) is 0 Å². The van der Waals surface area contributed by atoms with Crippen LogP contribution in [-0.2, 0) is 22.2 Å². The molecular formula is C16H21F3N2O2. The molecule has 0 radical (unpaired) electrons. The largest absolute Gasteiger partial charge is 0.416 e. The summed E-state index contributed by atoms with van der Waals surface area (Å²) in [6, 6.07) is 4.90. The van der Waals surface area contributed by atoms with Gasteiger partial charge in [-0.3, -0.25) is 9.59 Å². The number of nitrogens with one attached hydrogen (secondary N) is 1. The van der Waals surface area contributed by atoms with Crippen LogP contribution in [0.1, 0.15) is 31.9 Å². The first-order valence-corrected chi connectivity index (χ1v) is 7.37. The molecule has 0 bridgehead atoms. The molecule has 0 heterocycles. The molecule has 1 aromatic rings. The van der Waals surface area contributed by atoms with Crippen LogP contribution in [-0.4, -0.2) is 35.8 Å². The van der Waals surface area contributed by atoms with Crippen LogP contribution >= 0.6 is 0 Å². The van der Waals surface area contributed by atoms with Gasteiger partial charge in [0.25, 0.3) is 0 Å². The Balaban J connectivity index is 2.83. The van der Waals surface area contributed by atoms with Gasteiger partial charge in [-0.2, -0.15) is 13.2 Å². The SMILES string of the molecule is CCN(CC(=O)NC(C)C)C(=O)Cc1ccccc1C(F)(F)F. The summed E-state index contributed by atoms with van der Waals surface area (Å²) in [6.45, 7) is 5.33. The van der Waals surface area contributed by atoms with Gasteiger partial charge in [-0.1, -0.05) is 18.2 Å². The molecule has 0 saturated carbocycles. The van der Waals surface area contributed by atoms with E-state index >= 15 is 0 Å². The molecule has 0 fully saturated rings. The molecule has 7 heteroatoms. The Morgan fingerprint density at radius 1 is 1.22 bits per heavy atom. The van der Waals surface area contributed by atoms with E-state index in [1.165, 1.54) is 23.1 Å². The maximum absolute atomic E-state index is 12.9. The molecule has 0 unspecified atom stereocenters. The van der Waals surface area contributed by atoms with Crippen molar-refractivity contribution < 1.29 is 22.8 Å². The fourth-order valence-electron chi connectivity index (χ4n) is 2.14. The minimum Gasteiger partial charge on any atom is -0.352 e. The Morgan fingerprint density at radius 3 is 2.35 bits per heavy atom. The minimum absolute atomic E-state index is 0.0673. The van der Waals surface area contributed by atoms with Crippen LogP contribution in [0, 0.1) is 0 Å². The molecule has 0 atom stereocenters. The van der Waals surface area contributed by atoms with Crippen molar-refractivity contribution in [2.75, 3.05) is 13.1 Å². The van der Waals surface area contributed by atoms with Crippen LogP contribution in [0.3, 0.4) is 0 Å². The Bertz CT molecular complexity index is 557. The number of likely N-dealkylation sites (N-methyl/N-ethyl adjacent to an activating group) is 1. The predicted octanol–water partition coefficient (Wildman–Crippen LogP) is 2.62. The van der Waals surface area contributed by atoms with E-state index in [1.54, 1.807) is 20.8 Å². The van der Waals surface area contributed by atoms with Gasteiger partial charge in [0.15, 0.2) is 0 Å². The van der Waals surface area contributed by atoms with Crippen molar-refractivity contribution in [3.05, 3.63) is 35.4 Å². The number of carbonyl (C=O) groups excluding carboxylic acids is 2. The monoisotopic (exact) mass is 330 g/mol. The van der Waals surface area contributed by atoms with Gasteiger partial charge in [0, 0.05) is 12.6 Å². The summed E-state index contributed by atoms with van der Waals surface area (Å²) in [5.41, 5.74) is -0.913. The second-order valence-corrected chi connectivity index (χ2v) is 5.46. The highest BCUT2D eigenvalue weighted by atomic mass is 19.4. The number of amides is 2. The molecule has 0 aliphatic heterocycles. The van der Waals surface area contributed by atoms with Gasteiger partial charge in [-0.05, 0) is 32.4 Å². The molecule has 23 heavy (non-hydrogen) atoms. The lowest BCUT2D eigenvalue weighted by molar-refractivity contribution is -0.139. The van der Waals surface area contributed by atoms with Crippen LogP contribution in [0.4, 0.5) is 13.2 Å². The first-order chi connectivity index (χ1) is 10.6. The van der Waals surface area contributed by atoms with Gasteiger partial charge >= 0.3 is 6.18 Å². The van der Waals surface area contributed by atoms with Gasteiger partial charge in [-0.25, -0.2) is 0 Å². The molecular weight excluding hydrogens is 309 g/mol. The average Bonchev–Trinajstić information content (AvgIpc) is 2.43. The number of benzene rings is 1. The lowest BCUT2D eigenvalue weighted by Gasteiger charge is -2.22. The summed E-state index contributed by atoms with van der Waals surface area (Å²) in [5, 5.41) is 2.65. The molecule has 0 aliphatic rings. The van der Waals surface area contributed by atoms with E-state index < -0.39 is 24.1 Å². The topological polar surface area (TPSA) is 49.4 Å². The zero-order valence-corrected chi connectivity index (χ0v) is 13.4. The first-order valence-electron chi connectivity index (χ1n) is 7.37. The quantitative estimate of drug-likeness (QED) is 0.872. The summed E-state index contributed by atoms with van der Waals surface area (Å²) in [5.74, 6) is -0.845. The lowest BCUT2D eigenvalue weighted by atomic mass is 10.0. The minimum atomic E-state index is -4.51. The molecule has 1 aromatic carbocycles. The van der Waals surface area contributed by atoms with Gasteiger partial charge in [0.2, 0.25) is 11.8 Å². The lowest BCUT2D eigenvalue weighted by Crippen LogP contribution is -2.43. The van der Waals surface area contributed by atoms with E-state index in [0.717, 1.165) is 6.07 Å². The number of rotatable bonds is 6. The highest BCUT2D eigenvalue weighted by molar-refractivity contribution is 5.86. The Labute approximate surface area is 133 Å². The fraction of sp³-hybridized carbons (Fsp3) is 0.500. The highest BCUT2D eigenvalue weighted by Crippen LogP contribution is 2.32. The number of alkyl halides is 3. The Kier molecular flexibility index (Phi) is 6.60. The van der Waals surface area contributed by atoms with E-state index in [-0.39, 0.29) is 30.6 Å². The molecule has 2 amide bonds. The Hall–Kier alpha value is -2.05. The van der Waals surface area contributed by atoms with Crippen molar-refractivity contribution in [1.82, 2.24) is 10.2 Å². The molecule has 0 saturated heterocycles. The number of carbonyl (C=O) groups is 2. The summed E-state index contributed by atoms with van der Waals surface area (Å²) in [6.07, 6.45) is -4.90. The maximum Gasteiger partial charge on any atom is 0.416 e. The predicted molar refractivity (Wildman–Crippen MR) is 80.7 cm³/mol. The fourth-order valence-corrected chi connectivity index (χ4v) is 2.14. The van der Waals surface area contributed by atoms with Gasteiger partial charge in [-0.15, -0.1) is 0 Å². The van der Waals surface area contributed by atoms with E-state index in [9.17, 15) is 22.8 Å². The molecule has 0 aliphatic carbocycles. The number of nitrogens with zero attached hydrogens (tertiary/aromatic N) is 1. The van der Waals surface area contributed by atoms with Gasteiger partial charge < -0.3 is 10.2 Å². The van der Waals surface area contributed by atoms with Crippen molar-refractivity contribution in [2.45, 2.75) is 39.4 Å². The highest BCUT2D eigenvalue weighted by Gasteiger charge is 2.33. The molecule has 128 valence electrons. The normalized spacial score (nSPS) is 11.4. The second-order valence-electron chi connectivity index (χ2n) is 5.46.